The number of aryl methyl sites for hydroxylation is 1. The zero-order valence-corrected chi connectivity index (χ0v) is 11.4. The second-order valence-corrected chi connectivity index (χ2v) is 6.06. The summed E-state index contributed by atoms with van der Waals surface area (Å²) in [6, 6.07) is 0.690. The van der Waals surface area contributed by atoms with Gasteiger partial charge in [0.25, 0.3) is 0 Å². The highest BCUT2D eigenvalue weighted by Crippen LogP contribution is 2.36. The van der Waals surface area contributed by atoms with E-state index in [-0.39, 0.29) is 0 Å². The molecule has 17 heavy (non-hydrogen) atoms. The van der Waals surface area contributed by atoms with Gasteiger partial charge < -0.3 is 9.88 Å². The minimum Gasteiger partial charge on any atom is -0.333 e. The lowest BCUT2D eigenvalue weighted by molar-refractivity contribution is 0.363. The Morgan fingerprint density at radius 2 is 2.35 bits per heavy atom. The Hall–Kier alpha value is -0.830. The van der Waals surface area contributed by atoms with E-state index in [0.29, 0.717) is 11.5 Å². The average Bonchev–Trinajstić information content (AvgIpc) is 2.83. The molecule has 1 heterocycles. The molecule has 1 aliphatic rings. The van der Waals surface area contributed by atoms with Crippen LogP contribution in [0.5, 0.6) is 0 Å². The minimum absolute atomic E-state index is 0.529. The van der Waals surface area contributed by atoms with Crippen molar-refractivity contribution in [3.8, 4) is 0 Å². The molecule has 0 radical (unpaired) electrons. The third-order valence-corrected chi connectivity index (χ3v) is 3.80. The normalized spacial score (nSPS) is 23.1. The first-order chi connectivity index (χ1) is 8.11. The van der Waals surface area contributed by atoms with Gasteiger partial charge in [0, 0.05) is 25.3 Å². The summed E-state index contributed by atoms with van der Waals surface area (Å²) in [4.78, 5) is 4.24. The molecule has 1 unspecified atom stereocenters. The van der Waals surface area contributed by atoms with Crippen molar-refractivity contribution >= 4 is 0 Å². The second-order valence-electron chi connectivity index (χ2n) is 6.06. The summed E-state index contributed by atoms with van der Waals surface area (Å²) in [7, 11) is 0. The number of hydrogen-bond donors (Lipinski definition) is 1. The van der Waals surface area contributed by atoms with Crippen molar-refractivity contribution in [3.63, 3.8) is 0 Å². The molecule has 2 rings (SSSR count). The Kier molecular flexibility index (Phi) is 3.87. The Labute approximate surface area is 105 Å². The van der Waals surface area contributed by atoms with E-state index in [0.717, 1.165) is 13.1 Å². The average molecular weight is 235 g/mol. The van der Waals surface area contributed by atoms with Crippen LogP contribution in [-0.4, -0.2) is 15.6 Å². The Bertz CT molecular complexity index is 354. The minimum atomic E-state index is 0.529. The van der Waals surface area contributed by atoms with Crippen molar-refractivity contribution in [2.45, 2.75) is 65.6 Å². The lowest BCUT2D eigenvalue weighted by atomic mass is 9.92. The summed E-state index contributed by atoms with van der Waals surface area (Å²) in [6.07, 6.45) is 9.06. The van der Waals surface area contributed by atoms with E-state index < -0.39 is 0 Å². The summed E-state index contributed by atoms with van der Waals surface area (Å²) >= 11 is 0. The number of rotatable bonds is 5. The molecule has 1 saturated carbocycles. The molecular weight excluding hydrogens is 210 g/mol. The zero-order chi connectivity index (χ0) is 12.3. The van der Waals surface area contributed by atoms with Crippen molar-refractivity contribution in [2.24, 2.45) is 5.41 Å². The second kappa shape index (κ2) is 5.21. The fourth-order valence-corrected chi connectivity index (χ4v) is 2.80. The van der Waals surface area contributed by atoms with E-state index in [4.69, 9.17) is 0 Å². The number of imidazole rings is 1. The van der Waals surface area contributed by atoms with Crippen LogP contribution in [0.15, 0.2) is 12.5 Å². The van der Waals surface area contributed by atoms with Crippen LogP contribution in [0, 0.1) is 5.41 Å². The largest absolute Gasteiger partial charge is 0.333 e. The van der Waals surface area contributed by atoms with E-state index >= 15 is 0 Å². The van der Waals surface area contributed by atoms with Crippen molar-refractivity contribution < 1.29 is 0 Å². The molecule has 1 fully saturated rings. The number of nitrogens with zero attached hydrogens (tertiary/aromatic N) is 2. The van der Waals surface area contributed by atoms with Crippen molar-refractivity contribution in [3.05, 3.63) is 18.2 Å². The molecule has 1 aliphatic carbocycles. The van der Waals surface area contributed by atoms with Gasteiger partial charge in [-0.25, -0.2) is 4.98 Å². The zero-order valence-electron chi connectivity index (χ0n) is 11.4. The SMILES string of the molecule is CCCn1cncc1CNC1CCC(C)(C)C1. The molecule has 0 saturated heterocycles. The van der Waals surface area contributed by atoms with E-state index in [1.807, 2.05) is 12.5 Å². The van der Waals surface area contributed by atoms with Gasteiger partial charge in [-0.05, 0) is 31.1 Å². The molecule has 0 spiro atoms. The Morgan fingerprint density at radius 1 is 1.53 bits per heavy atom. The van der Waals surface area contributed by atoms with Crippen molar-refractivity contribution in [1.82, 2.24) is 14.9 Å². The van der Waals surface area contributed by atoms with Crippen LogP contribution in [0.25, 0.3) is 0 Å². The van der Waals surface area contributed by atoms with Crippen LogP contribution in [0.1, 0.15) is 52.1 Å². The van der Waals surface area contributed by atoms with Gasteiger partial charge in [-0.2, -0.15) is 0 Å². The molecule has 3 nitrogen and oxygen atoms in total. The van der Waals surface area contributed by atoms with Crippen LogP contribution in [-0.2, 0) is 13.1 Å². The van der Waals surface area contributed by atoms with Gasteiger partial charge in [0.05, 0.1) is 12.0 Å². The van der Waals surface area contributed by atoms with E-state index in [1.54, 1.807) is 0 Å². The molecular formula is C14H25N3. The van der Waals surface area contributed by atoms with Gasteiger partial charge in [-0.3, -0.25) is 0 Å². The Morgan fingerprint density at radius 3 is 3.00 bits per heavy atom. The molecule has 96 valence electrons. The van der Waals surface area contributed by atoms with Crippen LogP contribution in [0.2, 0.25) is 0 Å². The highest BCUT2D eigenvalue weighted by molar-refractivity contribution is 4.99. The maximum absolute atomic E-state index is 4.24. The van der Waals surface area contributed by atoms with E-state index in [1.165, 1.54) is 31.4 Å². The fourth-order valence-electron chi connectivity index (χ4n) is 2.80. The standard InChI is InChI=1S/C14H25N3/c1-4-7-17-11-15-9-13(17)10-16-12-5-6-14(2,3)8-12/h9,11-12,16H,4-8,10H2,1-3H3. The quantitative estimate of drug-likeness (QED) is 0.850. The predicted octanol–water partition coefficient (Wildman–Crippen LogP) is 2.96. The molecule has 1 aromatic rings. The lowest BCUT2D eigenvalue weighted by Crippen LogP contribution is -2.27. The third kappa shape index (κ3) is 3.32. The summed E-state index contributed by atoms with van der Waals surface area (Å²) in [6.45, 7) is 8.98. The van der Waals surface area contributed by atoms with Gasteiger partial charge in [-0.15, -0.1) is 0 Å². The summed E-state index contributed by atoms with van der Waals surface area (Å²) < 4.78 is 2.26. The molecule has 0 aromatic carbocycles. The predicted molar refractivity (Wildman–Crippen MR) is 70.8 cm³/mol. The molecule has 3 heteroatoms. The number of aromatic nitrogens is 2. The van der Waals surface area contributed by atoms with Crippen LogP contribution in [0.3, 0.4) is 0 Å². The molecule has 1 atom stereocenters. The van der Waals surface area contributed by atoms with Gasteiger partial charge in [0.1, 0.15) is 0 Å². The van der Waals surface area contributed by atoms with Gasteiger partial charge in [0.2, 0.25) is 0 Å². The topological polar surface area (TPSA) is 29.9 Å². The van der Waals surface area contributed by atoms with Crippen LogP contribution in [0.4, 0.5) is 0 Å². The maximum Gasteiger partial charge on any atom is 0.0948 e. The first kappa shape index (κ1) is 12.6. The molecule has 1 aromatic heterocycles. The first-order valence-corrected chi connectivity index (χ1v) is 6.83. The molecule has 0 aliphatic heterocycles. The van der Waals surface area contributed by atoms with Gasteiger partial charge in [0.15, 0.2) is 0 Å². The van der Waals surface area contributed by atoms with E-state index in [2.05, 4.69) is 35.6 Å². The highest BCUT2D eigenvalue weighted by Gasteiger charge is 2.30. The van der Waals surface area contributed by atoms with Crippen LogP contribution >= 0.6 is 0 Å². The monoisotopic (exact) mass is 235 g/mol. The highest BCUT2D eigenvalue weighted by atomic mass is 15.1. The maximum atomic E-state index is 4.24. The molecule has 0 amide bonds. The summed E-state index contributed by atoms with van der Waals surface area (Å²) in [5, 5.41) is 3.68. The molecule has 0 bridgehead atoms. The van der Waals surface area contributed by atoms with E-state index in [9.17, 15) is 0 Å². The van der Waals surface area contributed by atoms with Gasteiger partial charge in [-0.1, -0.05) is 20.8 Å². The first-order valence-electron chi connectivity index (χ1n) is 6.83. The summed E-state index contributed by atoms with van der Waals surface area (Å²) in [5.41, 5.74) is 1.85. The summed E-state index contributed by atoms with van der Waals surface area (Å²) in [5.74, 6) is 0. The Balaban J connectivity index is 1.84. The molecule has 1 N–H and O–H groups in total. The van der Waals surface area contributed by atoms with Gasteiger partial charge >= 0.3 is 0 Å². The van der Waals surface area contributed by atoms with Crippen molar-refractivity contribution in [2.75, 3.05) is 0 Å². The number of hydrogen-bond acceptors (Lipinski definition) is 2. The fraction of sp³-hybridized carbons (Fsp3) is 0.786. The van der Waals surface area contributed by atoms with Crippen molar-refractivity contribution in [1.29, 1.82) is 0 Å². The number of nitrogens with one attached hydrogen (secondary N) is 1. The lowest BCUT2D eigenvalue weighted by Gasteiger charge is -2.18. The van der Waals surface area contributed by atoms with Crippen LogP contribution < -0.4 is 5.32 Å². The third-order valence-electron chi connectivity index (χ3n) is 3.80. The smallest absolute Gasteiger partial charge is 0.0948 e.